The molecule has 0 spiro atoms. The summed E-state index contributed by atoms with van der Waals surface area (Å²) in [5.41, 5.74) is 0.676. The molecule has 4 heterocycles. The maximum Gasteiger partial charge on any atom is 0.285 e. The number of ether oxygens (including phenoxy) is 1. The fraction of sp³-hybridized carbons (Fsp3) is 0.636. The van der Waals surface area contributed by atoms with Gasteiger partial charge in [0.25, 0.3) is 10.0 Å². The first-order valence-electron chi connectivity index (χ1n) is 11.3. The summed E-state index contributed by atoms with van der Waals surface area (Å²) >= 11 is 0. The van der Waals surface area contributed by atoms with Crippen LogP contribution in [0.25, 0.3) is 0 Å². The standard InChI is InChI=1S/C22H30N4O4S/c27-22(26-13-11-24(12-14-26)16-18-4-3-15-30-18)17-7-9-25(10-8-17)21-19-5-1-2-6-20(19)31(28,29)23-21/h1-2,5-6,17-18H,3-4,7-16H2/t18-/m0/s1. The normalized spacial score (nSPS) is 26.7. The van der Waals surface area contributed by atoms with Gasteiger partial charge in [-0.15, -0.1) is 4.40 Å². The molecule has 3 saturated heterocycles. The summed E-state index contributed by atoms with van der Waals surface area (Å²) in [5.74, 6) is 0.789. The van der Waals surface area contributed by atoms with E-state index in [1.165, 1.54) is 0 Å². The lowest BCUT2D eigenvalue weighted by Gasteiger charge is -2.39. The summed E-state index contributed by atoms with van der Waals surface area (Å²) < 4.78 is 34.4. The fourth-order valence-corrected chi connectivity index (χ4v) is 6.37. The summed E-state index contributed by atoms with van der Waals surface area (Å²) in [4.78, 5) is 19.8. The van der Waals surface area contributed by atoms with Gasteiger partial charge < -0.3 is 14.5 Å². The van der Waals surface area contributed by atoms with Crippen LogP contribution in [0.3, 0.4) is 0 Å². The number of carbonyl (C=O) groups excluding carboxylic acids is 1. The van der Waals surface area contributed by atoms with Crippen LogP contribution in [-0.4, -0.2) is 93.4 Å². The van der Waals surface area contributed by atoms with E-state index in [-0.39, 0.29) is 16.7 Å². The molecule has 1 atom stereocenters. The second-order valence-electron chi connectivity index (χ2n) is 8.91. The third-order valence-electron chi connectivity index (χ3n) is 6.93. The lowest BCUT2D eigenvalue weighted by atomic mass is 9.94. The van der Waals surface area contributed by atoms with E-state index in [1.54, 1.807) is 12.1 Å². The first-order valence-corrected chi connectivity index (χ1v) is 12.8. The predicted molar refractivity (Wildman–Crippen MR) is 116 cm³/mol. The summed E-state index contributed by atoms with van der Waals surface area (Å²) in [5, 5.41) is 0. The zero-order valence-electron chi connectivity index (χ0n) is 17.8. The Bertz CT molecular complexity index is 957. The van der Waals surface area contributed by atoms with Gasteiger partial charge in [-0.05, 0) is 37.8 Å². The highest BCUT2D eigenvalue weighted by Gasteiger charge is 2.36. The van der Waals surface area contributed by atoms with Crippen molar-refractivity contribution in [2.75, 3.05) is 52.4 Å². The Morgan fingerprint density at radius 1 is 1.03 bits per heavy atom. The molecule has 31 heavy (non-hydrogen) atoms. The maximum atomic E-state index is 13.1. The monoisotopic (exact) mass is 446 g/mol. The van der Waals surface area contributed by atoms with Crippen molar-refractivity contribution in [3.8, 4) is 0 Å². The van der Waals surface area contributed by atoms with Crippen LogP contribution in [0, 0.1) is 5.92 Å². The first-order chi connectivity index (χ1) is 15.0. The molecular formula is C22H30N4O4S. The van der Waals surface area contributed by atoms with Gasteiger partial charge >= 0.3 is 0 Å². The number of sulfonamides is 1. The van der Waals surface area contributed by atoms with Crippen molar-refractivity contribution in [1.82, 2.24) is 14.7 Å². The van der Waals surface area contributed by atoms with Gasteiger partial charge in [0.05, 0.1) is 6.10 Å². The molecule has 1 aromatic carbocycles. The molecule has 4 aliphatic heterocycles. The van der Waals surface area contributed by atoms with Crippen LogP contribution < -0.4 is 0 Å². The second-order valence-corrected chi connectivity index (χ2v) is 10.5. The Kier molecular flexibility index (Phi) is 5.75. The number of hydrogen-bond acceptors (Lipinski definition) is 6. The minimum absolute atomic E-state index is 0.00909. The van der Waals surface area contributed by atoms with Crippen molar-refractivity contribution in [2.24, 2.45) is 10.3 Å². The Labute approximate surface area is 183 Å². The zero-order chi connectivity index (χ0) is 21.4. The van der Waals surface area contributed by atoms with Crippen molar-refractivity contribution in [1.29, 1.82) is 0 Å². The molecule has 1 amide bonds. The Hall–Kier alpha value is -1.97. The molecule has 9 heteroatoms. The van der Waals surface area contributed by atoms with Crippen molar-refractivity contribution in [3.05, 3.63) is 29.8 Å². The number of benzene rings is 1. The van der Waals surface area contributed by atoms with E-state index in [1.807, 2.05) is 21.9 Å². The van der Waals surface area contributed by atoms with Gasteiger partial charge in [0.2, 0.25) is 5.91 Å². The molecule has 0 aromatic heterocycles. The number of nitrogens with zero attached hydrogens (tertiary/aromatic N) is 4. The van der Waals surface area contributed by atoms with E-state index in [9.17, 15) is 13.2 Å². The SMILES string of the molecule is O=C(C1CCN(C2=NS(=O)(=O)c3ccccc32)CC1)N1CCN(C[C@@H]2CCCO2)CC1. The molecule has 0 N–H and O–H groups in total. The lowest BCUT2D eigenvalue weighted by molar-refractivity contribution is -0.138. The van der Waals surface area contributed by atoms with Gasteiger partial charge in [-0.1, -0.05) is 12.1 Å². The van der Waals surface area contributed by atoms with E-state index >= 15 is 0 Å². The highest BCUT2D eigenvalue weighted by molar-refractivity contribution is 7.90. The van der Waals surface area contributed by atoms with E-state index in [2.05, 4.69) is 9.30 Å². The Morgan fingerprint density at radius 2 is 1.77 bits per heavy atom. The van der Waals surface area contributed by atoms with Crippen molar-refractivity contribution < 1.29 is 17.9 Å². The molecule has 4 aliphatic rings. The van der Waals surface area contributed by atoms with Gasteiger partial charge in [0.15, 0.2) is 5.84 Å². The number of amides is 1. The minimum Gasteiger partial charge on any atom is -0.377 e. The lowest BCUT2D eigenvalue weighted by Crippen LogP contribution is -2.53. The number of rotatable bonds is 3. The van der Waals surface area contributed by atoms with Crippen LogP contribution in [0.1, 0.15) is 31.2 Å². The van der Waals surface area contributed by atoms with E-state index in [0.717, 1.165) is 65.0 Å². The number of piperazine rings is 1. The number of amidine groups is 1. The molecule has 0 radical (unpaired) electrons. The van der Waals surface area contributed by atoms with Crippen LogP contribution in [0.5, 0.6) is 0 Å². The van der Waals surface area contributed by atoms with Crippen molar-refractivity contribution in [2.45, 2.75) is 36.7 Å². The molecule has 0 unspecified atom stereocenters. The van der Waals surface area contributed by atoms with E-state index in [0.29, 0.717) is 30.6 Å². The molecule has 1 aromatic rings. The second kappa shape index (κ2) is 8.52. The van der Waals surface area contributed by atoms with Crippen LogP contribution in [-0.2, 0) is 19.6 Å². The number of piperidine rings is 1. The molecule has 168 valence electrons. The van der Waals surface area contributed by atoms with Gasteiger partial charge in [-0.2, -0.15) is 8.42 Å². The smallest absolute Gasteiger partial charge is 0.285 e. The first kappa shape index (κ1) is 20.9. The quantitative estimate of drug-likeness (QED) is 0.693. The summed E-state index contributed by atoms with van der Waals surface area (Å²) in [7, 11) is -3.61. The highest BCUT2D eigenvalue weighted by Crippen LogP contribution is 2.30. The summed E-state index contributed by atoms with van der Waals surface area (Å²) in [6.07, 6.45) is 4.13. The van der Waals surface area contributed by atoms with Gasteiger partial charge in [-0.3, -0.25) is 9.69 Å². The predicted octanol–water partition coefficient (Wildman–Crippen LogP) is 1.17. The fourth-order valence-electron chi connectivity index (χ4n) is 5.14. The molecule has 8 nitrogen and oxygen atoms in total. The summed E-state index contributed by atoms with van der Waals surface area (Å²) in [6, 6.07) is 6.98. The molecular weight excluding hydrogens is 416 g/mol. The van der Waals surface area contributed by atoms with E-state index in [4.69, 9.17) is 4.74 Å². The van der Waals surface area contributed by atoms with Crippen LogP contribution in [0.15, 0.2) is 33.6 Å². The number of hydrogen-bond donors (Lipinski definition) is 0. The average molecular weight is 447 g/mol. The average Bonchev–Trinajstić information content (AvgIpc) is 3.40. The summed E-state index contributed by atoms with van der Waals surface area (Å²) in [6.45, 7) is 6.55. The maximum absolute atomic E-state index is 13.1. The van der Waals surface area contributed by atoms with E-state index < -0.39 is 10.0 Å². The topological polar surface area (TPSA) is 82.5 Å². The van der Waals surface area contributed by atoms with Gasteiger partial charge in [0, 0.05) is 63.9 Å². The molecule has 3 fully saturated rings. The third-order valence-corrected chi connectivity index (χ3v) is 8.25. The largest absolute Gasteiger partial charge is 0.377 e. The van der Waals surface area contributed by atoms with Gasteiger partial charge in [-0.25, -0.2) is 0 Å². The van der Waals surface area contributed by atoms with Crippen LogP contribution >= 0.6 is 0 Å². The molecule has 0 saturated carbocycles. The highest BCUT2D eigenvalue weighted by atomic mass is 32.2. The zero-order valence-corrected chi connectivity index (χ0v) is 18.6. The van der Waals surface area contributed by atoms with Crippen LogP contribution in [0.2, 0.25) is 0 Å². The molecule has 0 aliphatic carbocycles. The Balaban J connectivity index is 1.14. The minimum atomic E-state index is -3.61. The molecule has 0 bridgehead atoms. The van der Waals surface area contributed by atoms with Gasteiger partial charge in [0.1, 0.15) is 4.90 Å². The number of carbonyl (C=O) groups is 1. The van der Waals surface area contributed by atoms with Crippen LogP contribution in [0.4, 0.5) is 0 Å². The van der Waals surface area contributed by atoms with Crippen molar-refractivity contribution in [3.63, 3.8) is 0 Å². The third kappa shape index (κ3) is 4.23. The van der Waals surface area contributed by atoms with Crippen molar-refractivity contribution >= 4 is 21.8 Å². The molecule has 5 rings (SSSR count). The Morgan fingerprint density at radius 3 is 2.48 bits per heavy atom. The number of likely N-dealkylation sites (tertiary alicyclic amines) is 1. The number of fused-ring (bicyclic) bond motifs is 1.